The minimum atomic E-state index is -0.257. The maximum Gasteiger partial charge on any atom is 0.244 e. The van der Waals surface area contributed by atoms with Crippen LogP contribution in [-0.2, 0) is 9.53 Å². The van der Waals surface area contributed by atoms with Gasteiger partial charge in [-0.15, -0.1) is 11.3 Å². The first-order valence-corrected chi connectivity index (χ1v) is 8.20. The van der Waals surface area contributed by atoms with Crippen LogP contribution < -0.4 is 5.32 Å². The van der Waals surface area contributed by atoms with Crippen molar-refractivity contribution in [1.82, 2.24) is 10.2 Å². The summed E-state index contributed by atoms with van der Waals surface area (Å²) in [4.78, 5) is 15.7. The van der Waals surface area contributed by atoms with Gasteiger partial charge in [0.25, 0.3) is 0 Å². The molecule has 1 saturated heterocycles. The lowest BCUT2D eigenvalue weighted by atomic mass is 10.2. The molecule has 1 unspecified atom stereocenters. The molecule has 110 valence electrons. The number of ether oxygens (including phenoxy) is 1. The molecule has 1 atom stereocenters. The Morgan fingerprint density at radius 3 is 2.95 bits per heavy atom. The first-order valence-electron chi connectivity index (χ1n) is 7.32. The smallest absolute Gasteiger partial charge is 0.244 e. The number of rotatable bonds is 6. The number of amides is 1. The number of hydrogen-bond donors (Lipinski definition) is 1. The fourth-order valence-corrected chi connectivity index (χ4v) is 3.45. The van der Waals surface area contributed by atoms with Gasteiger partial charge in [0.15, 0.2) is 0 Å². The molecule has 1 aromatic rings. The maximum absolute atomic E-state index is 12.5. The summed E-state index contributed by atoms with van der Waals surface area (Å²) in [6.07, 6.45) is 1.97. The highest BCUT2D eigenvalue weighted by Crippen LogP contribution is 2.46. The van der Waals surface area contributed by atoms with Gasteiger partial charge in [-0.2, -0.15) is 0 Å². The molecule has 0 bridgehead atoms. The largest absolute Gasteiger partial charge is 0.379 e. The third-order valence-corrected chi connectivity index (χ3v) is 4.81. The minimum absolute atomic E-state index is 0.0349. The van der Waals surface area contributed by atoms with Crippen molar-refractivity contribution in [2.24, 2.45) is 5.92 Å². The zero-order chi connectivity index (χ0) is 14.2. The van der Waals surface area contributed by atoms with E-state index in [1.165, 1.54) is 4.88 Å². The highest BCUT2D eigenvalue weighted by atomic mass is 32.1. The van der Waals surface area contributed by atoms with Gasteiger partial charge in [-0.1, -0.05) is 19.9 Å². The molecule has 4 nitrogen and oxygen atoms in total. The van der Waals surface area contributed by atoms with Gasteiger partial charge in [0.2, 0.25) is 5.91 Å². The molecular formula is C15H22N2O2S. The van der Waals surface area contributed by atoms with Crippen molar-refractivity contribution in [2.75, 3.05) is 19.8 Å². The lowest BCUT2D eigenvalue weighted by Gasteiger charge is -2.23. The Balaban J connectivity index is 1.64. The Bertz CT molecular complexity index is 468. The van der Waals surface area contributed by atoms with Crippen LogP contribution in [0.25, 0.3) is 0 Å². The number of nitrogens with zero attached hydrogens (tertiary/aromatic N) is 1. The summed E-state index contributed by atoms with van der Waals surface area (Å²) in [5.74, 6) is 0.786. The number of carbonyl (C=O) groups excluding carboxylic acids is 1. The van der Waals surface area contributed by atoms with Gasteiger partial charge in [0, 0.05) is 18.0 Å². The zero-order valence-electron chi connectivity index (χ0n) is 12.1. The molecule has 1 aliphatic carbocycles. The molecule has 2 aliphatic rings. The van der Waals surface area contributed by atoms with Crippen LogP contribution in [0.1, 0.15) is 37.7 Å². The van der Waals surface area contributed by atoms with Crippen LogP contribution in [0.4, 0.5) is 0 Å². The first kappa shape index (κ1) is 14.0. The number of nitrogens with one attached hydrogen (secondary N) is 1. The van der Waals surface area contributed by atoms with Crippen molar-refractivity contribution < 1.29 is 9.53 Å². The van der Waals surface area contributed by atoms with Crippen LogP contribution in [-0.4, -0.2) is 36.1 Å². The lowest BCUT2D eigenvalue weighted by molar-refractivity contribution is -0.131. The zero-order valence-corrected chi connectivity index (χ0v) is 12.9. The second kappa shape index (κ2) is 5.47. The number of hydrogen-bond acceptors (Lipinski definition) is 4. The van der Waals surface area contributed by atoms with Gasteiger partial charge in [-0.25, -0.2) is 0 Å². The van der Waals surface area contributed by atoms with Crippen molar-refractivity contribution in [3.63, 3.8) is 0 Å². The van der Waals surface area contributed by atoms with Gasteiger partial charge in [0.1, 0.15) is 11.7 Å². The molecule has 1 aliphatic heterocycles. The fraction of sp³-hybridized carbons (Fsp3) is 0.667. The third-order valence-electron chi connectivity index (χ3n) is 3.89. The van der Waals surface area contributed by atoms with Crippen LogP contribution in [0.15, 0.2) is 17.5 Å². The molecule has 1 saturated carbocycles. The van der Waals surface area contributed by atoms with Gasteiger partial charge in [-0.3, -0.25) is 10.1 Å². The Morgan fingerprint density at radius 1 is 1.55 bits per heavy atom. The second-order valence-corrected chi connectivity index (χ2v) is 7.09. The molecule has 20 heavy (non-hydrogen) atoms. The van der Waals surface area contributed by atoms with Gasteiger partial charge < -0.3 is 9.64 Å². The van der Waals surface area contributed by atoms with E-state index in [-0.39, 0.29) is 17.6 Å². The fourth-order valence-electron chi connectivity index (χ4n) is 2.66. The van der Waals surface area contributed by atoms with E-state index in [0.717, 1.165) is 19.4 Å². The van der Waals surface area contributed by atoms with E-state index >= 15 is 0 Å². The highest BCUT2D eigenvalue weighted by molar-refractivity contribution is 7.10. The molecule has 1 spiro atoms. The van der Waals surface area contributed by atoms with Crippen LogP contribution in [0, 0.1) is 5.92 Å². The monoisotopic (exact) mass is 294 g/mol. The van der Waals surface area contributed by atoms with E-state index in [9.17, 15) is 4.79 Å². The number of thiophene rings is 1. The molecule has 1 amide bonds. The van der Waals surface area contributed by atoms with E-state index < -0.39 is 0 Å². The predicted molar refractivity (Wildman–Crippen MR) is 79.5 cm³/mol. The van der Waals surface area contributed by atoms with Gasteiger partial charge in [-0.05, 0) is 30.2 Å². The Labute approximate surface area is 124 Å². The average Bonchev–Trinajstić information content (AvgIpc) is 2.89. The normalized spacial score (nSPS) is 24.1. The summed E-state index contributed by atoms with van der Waals surface area (Å²) in [7, 11) is 0. The van der Waals surface area contributed by atoms with Crippen LogP contribution in [0.5, 0.6) is 0 Å². The van der Waals surface area contributed by atoms with Crippen molar-refractivity contribution in [3.05, 3.63) is 22.4 Å². The summed E-state index contributed by atoms with van der Waals surface area (Å²) in [6, 6.07) is 4.14. The van der Waals surface area contributed by atoms with E-state index in [4.69, 9.17) is 4.74 Å². The molecule has 1 N–H and O–H groups in total. The van der Waals surface area contributed by atoms with E-state index in [1.54, 1.807) is 11.3 Å². The highest BCUT2D eigenvalue weighted by Gasteiger charge is 2.59. The maximum atomic E-state index is 12.5. The molecule has 5 heteroatoms. The van der Waals surface area contributed by atoms with Crippen molar-refractivity contribution in [3.8, 4) is 0 Å². The molecular weight excluding hydrogens is 272 g/mol. The van der Waals surface area contributed by atoms with Crippen molar-refractivity contribution in [2.45, 2.75) is 38.4 Å². The van der Waals surface area contributed by atoms with E-state index in [0.29, 0.717) is 19.1 Å². The van der Waals surface area contributed by atoms with Crippen molar-refractivity contribution >= 4 is 17.2 Å². The Hall–Kier alpha value is -0.910. The first-order chi connectivity index (χ1) is 9.62. The number of carbonyl (C=O) groups is 1. The topological polar surface area (TPSA) is 41.6 Å². The molecule has 2 fully saturated rings. The predicted octanol–water partition coefficient (Wildman–Crippen LogP) is 2.38. The molecule has 2 heterocycles. The quantitative estimate of drug-likeness (QED) is 0.819. The van der Waals surface area contributed by atoms with Crippen molar-refractivity contribution in [1.29, 1.82) is 0 Å². The summed E-state index contributed by atoms with van der Waals surface area (Å²) in [6.45, 7) is 6.31. The van der Waals surface area contributed by atoms with Crippen LogP contribution in [0.2, 0.25) is 0 Å². The summed E-state index contributed by atoms with van der Waals surface area (Å²) in [5, 5.41) is 5.59. The average molecular weight is 294 g/mol. The third kappa shape index (κ3) is 2.62. The Morgan fingerprint density at radius 2 is 2.35 bits per heavy atom. The summed E-state index contributed by atoms with van der Waals surface area (Å²) < 4.78 is 5.64. The lowest BCUT2D eigenvalue weighted by Crippen LogP contribution is -2.34. The second-order valence-electron chi connectivity index (χ2n) is 6.11. The van der Waals surface area contributed by atoms with Crippen LogP contribution >= 0.6 is 11.3 Å². The molecule has 1 aromatic heterocycles. The molecule has 3 rings (SSSR count). The van der Waals surface area contributed by atoms with E-state index in [2.05, 4.69) is 30.6 Å². The summed E-state index contributed by atoms with van der Waals surface area (Å²) in [5.41, 5.74) is -0.257. The van der Waals surface area contributed by atoms with Gasteiger partial charge >= 0.3 is 0 Å². The van der Waals surface area contributed by atoms with Crippen LogP contribution in [0.3, 0.4) is 0 Å². The Kier molecular flexibility index (Phi) is 3.84. The summed E-state index contributed by atoms with van der Waals surface area (Å²) >= 11 is 1.70. The SMILES string of the molecule is CC(C)COCCN1C(=O)C2(CC2)NC1c1cccs1. The molecule has 0 radical (unpaired) electrons. The van der Waals surface area contributed by atoms with Gasteiger partial charge in [0.05, 0.1) is 6.61 Å². The standard InChI is InChI=1S/C15H22N2O2S/c1-11(2)10-19-8-7-17-13(12-4-3-9-20-12)16-15(5-6-15)14(17)18/h3-4,9,11,13,16H,5-8,10H2,1-2H3. The van der Waals surface area contributed by atoms with E-state index in [1.807, 2.05) is 11.0 Å². The minimum Gasteiger partial charge on any atom is -0.379 e. The molecule has 0 aromatic carbocycles.